The lowest BCUT2D eigenvalue weighted by atomic mass is 10.2. The molecular formula is C18H22N4O5S2. The zero-order chi connectivity index (χ0) is 20.9. The quantitative estimate of drug-likeness (QED) is 0.688. The maximum atomic E-state index is 13.0. The van der Waals surface area contributed by atoms with Gasteiger partial charge in [-0.1, -0.05) is 23.4 Å². The van der Waals surface area contributed by atoms with Gasteiger partial charge in [0.2, 0.25) is 15.7 Å². The number of rotatable bonds is 6. The van der Waals surface area contributed by atoms with Crippen LogP contribution in [0.1, 0.15) is 53.5 Å². The van der Waals surface area contributed by atoms with E-state index in [2.05, 4.69) is 14.9 Å². The molecule has 1 amide bonds. The third-order valence-electron chi connectivity index (χ3n) is 4.48. The van der Waals surface area contributed by atoms with E-state index in [1.807, 2.05) is 0 Å². The van der Waals surface area contributed by atoms with Gasteiger partial charge in [-0.15, -0.1) is 5.10 Å². The number of anilines is 1. The van der Waals surface area contributed by atoms with Crippen LogP contribution in [0.15, 0.2) is 29.2 Å². The molecule has 156 valence electrons. The van der Waals surface area contributed by atoms with Crippen LogP contribution in [0.4, 0.5) is 5.00 Å². The highest BCUT2D eigenvalue weighted by atomic mass is 32.2. The van der Waals surface area contributed by atoms with Crippen LogP contribution in [0.25, 0.3) is 0 Å². The van der Waals surface area contributed by atoms with Gasteiger partial charge < -0.3 is 10.1 Å². The van der Waals surface area contributed by atoms with E-state index >= 15 is 0 Å². The first kappa shape index (κ1) is 21.3. The van der Waals surface area contributed by atoms with Crippen molar-refractivity contribution in [3.8, 4) is 0 Å². The highest BCUT2D eigenvalue weighted by molar-refractivity contribution is 7.89. The second kappa shape index (κ2) is 9.42. The Balaban J connectivity index is 1.80. The van der Waals surface area contributed by atoms with Gasteiger partial charge in [-0.25, -0.2) is 13.2 Å². The van der Waals surface area contributed by atoms with Gasteiger partial charge in [0.05, 0.1) is 11.5 Å². The maximum Gasteiger partial charge on any atom is 0.362 e. The number of carbonyl (C=O) groups excluding carboxylic acids is 2. The van der Waals surface area contributed by atoms with Gasteiger partial charge in [-0.3, -0.25) is 4.79 Å². The van der Waals surface area contributed by atoms with E-state index < -0.39 is 21.9 Å². The van der Waals surface area contributed by atoms with Crippen molar-refractivity contribution in [1.82, 2.24) is 13.9 Å². The molecule has 1 aliphatic heterocycles. The molecule has 0 bridgehead atoms. The van der Waals surface area contributed by atoms with Crippen molar-refractivity contribution in [3.63, 3.8) is 0 Å². The molecule has 0 atom stereocenters. The molecule has 2 heterocycles. The summed E-state index contributed by atoms with van der Waals surface area (Å²) in [4.78, 5) is 24.6. The van der Waals surface area contributed by atoms with Crippen LogP contribution in [0, 0.1) is 0 Å². The Kier molecular flexibility index (Phi) is 6.93. The lowest BCUT2D eigenvalue weighted by molar-refractivity contribution is 0.0520. The predicted octanol–water partition coefficient (Wildman–Crippen LogP) is 2.53. The van der Waals surface area contributed by atoms with Crippen LogP contribution in [0.2, 0.25) is 0 Å². The number of amides is 1. The van der Waals surface area contributed by atoms with E-state index in [1.165, 1.54) is 28.6 Å². The SMILES string of the molecule is CCOC(=O)c1nnsc1NC(=O)c1cccc(S(=O)(=O)N2CCCCCC2)c1. The number of hydrogen-bond donors (Lipinski definition) is 1. The minimum absolute atomic E-state index is 0.0695. The Morgan fingerprint density at radius 1 is 1.21 bits per heavy atom. The number of aromatic nitrogens is 2. The van der Waals surface area contributed by atoms with Crippen LogP contribution >= 0.6 is 11.5 Å². The average molecular weight is 439 g/mol. The molecule has 0 saturated carbocycles. The minimum Gasteiger partial charge on any atom is -0.461 e. The summed E-state index contributed by atoms with van der Waals surface area (Å²) in [7, 11) is -3.68. The molecule has 1 aliphatic rings. The average Bonchev–Trinajstić information content (AvgIpc) is 2.99. The Hall–Kier alpha value is -2.37. The van der Waals surface area contributed by atoms with Crippen LogP contribution in [-0.2, 0) is 14.8 Å². The van der Waals surface area contributed by atoms with E-state index in [1.54, 1.807) is 6.92 Å². The maximum absolute atomic E-state index is 13.0. The number of esters is 1. The molecule has 29 heavy (non-hydrogen) atoms. The summed E-state index contributed by atoms with van der Waals surface area (Å²) in [5.41, 5.74) is 0.0719. The zero-order valence-corrected chi connectivity index (χ0v) is 17.6. The Bertz CT molecular complexity index is 982. The molecule has 1 fully saturated rings. The normalized spacial score (nSPS) is 15.5. The zero-order valence-electron chi connectivity index (χ0n) is 16.0. The van der Waals surface area contributed by atoms with E-state index in [9.17, 15) is 18.0 Å². The molecule has 0 spiro atoms. The molecule has 0 aliphatic carbocycles. The monoisotopic (exact) mass is 438 g/mol. The summed E-state index contributed by atoms with van der Waals surface area (Å²) < 4.78 is 36.0. The first-order valence-corrected chi connectivity index (χ1v) is 11.6. The Labute approximate surface area is 173 Å². The molecule has 9 nitrogen and oxygen atoms in total. The van der Waals surface area contributed by atoms with Crippen LogP contribution in [0.3, 0.4) is 0 Å². The third kappa shape index (κ3) is 4.98. The van der Waals surface area contributed by atoms with Gasteiger partial charge in [0, 0.05) is 30.2 Å². The van der Waals surface area contributed by atoms with Crippen LogP contribution < -0.4 is 5.32 Å². The topological polar surface area (TPSA) is 119 Å². The van der Waals surface area contributed by atoms with Gasteiger partial charge >= 0.3 is 5.97 Å². The summed E-state index contributed by atoms with van der Waals surface area (Å²) in [6.07, 6.45) is 3.68. The van der Waals surface area contributed by atoms with Crippen molar-refractivity contribution in [2.75, 3.05) is 25.0 Å². The lowest BCUT2D eigenvalue weighted by Gasteiger charge is -2.20. The second-order valence-electron chi connectivity index (χ2n) is 6.47. The highest BCUT2D eigenvalue weighted by Gasteiger charge is 2.26. The van der Waals surface area contributed by atoms with E-state index in [0.717, 1.165) is 37.2 Å². The first-order chi connectivity index (χ1) is 13.9. The van der Waals surface area contributed by atoms with Gasteiger partial charge in [0.1, 0.15) is 0 Å². The largest absolute Gasteiger partial charge is 0.461 e. The van der Waals surface area contributed by atoms with E-state index in [-0.39, 0.29) is 27.8 Å². The van der Waals surface area contributed by atoms with Crippen molar-refractivity contribution < 1.29 is 22.7 Å². The van der Waals surface area contributed by atoms with Crippen LogP contribution in [-0.4, -0.2) is 53.9 Å². The second-order valence-corrected chi connectivity index (χ2v) is 9.16. The van der Waals surface area contributed by atoms with Crippen molar-refractivity contribution in [2.45, 2.75) is 37.5 Å². The Morgan fingerprint density at radius 2 is 1.93 bits per heavy atom. The van der Waals surface area contributed by atoms with E-state index in [0.29, 0.717) is 13.1 Å². The minimum atomic E-state index is -3.68. The molecule has 1 saturated heterocycles. The fraction of sp³-hybridized carbons (Fsp3) is 0.444. The summed E-state index contributed by atoms with van der Waals surface area (Å²) in [6.45, 7) is 2.79. The number of sulfonamides is 1. The fourth-order valence-corrected chi connectivity index (χ4v) is 5.13. The standard InChI is InChI=1S/C18H22N4O5S2/c1-2-27-18(24)15-17(28-21-20-15)19-16(23)13-8-7-9-14(12-13)29(25,26)22-10-5-3-4-6-11-22/h7-9,12H,2-6,10-11H2,1H3,(H,19,23). The van der Waals surface area contributed by atoms with Gasteiger partial charge in [-0.2, -0.15) is 4.31 Å². The number of carbonyl (C=O) groups is 2. The molecule has 0 unspecified atom stereocenters. The summed E-state index contributed by atoms with van der Waals surface area (Å²) in [5.74, 6) is -1.25. The highest BCUT2D eigenvalue weighted by Crippen LogP contribution is 2.23. The molecule has 1 N–H and O–H groups in total. The number of nitrogens with zero attached hydrogens (tertiary/aromatic N) is 3. The first-order valence-electron chi connectivity index (χ1n) is 9.34. The smallest absolute Gasteiger partial charge is 0.362 e. The summed E-state index contributed by atoms with van der Waals surface area (Å²) in [6, 6.07) is 5.86. The molecule has 11 heteroatoms. The number of ether oxygens (including phenoxy) is 1. The van der Waals surface area contributed by atoms with Crippen molar-refractivity contribution in [1.29, 1.82) is 0 Å². The molecule has 2 aromatic rings. The van der Waals surface area contributed by atoms with Crippen molar-refractivity contribution in [2.24, 2.45) is 0 Å². The molecule has 1 aromatic heterocycles. The Morgan fingerprint density at radius 3 is 2.62 bits per heavy atom. The summed E-state index contributed by atoms with van der Waals surface area (Å²) in [5, 5.41) is 6.39. The van der Waals surface area contributed by atoms with E-state index in [4.69, 9.17) is 4.74 Å². The molecular weight excluding hydrogens is 416 g/mol. The van der Waals surface area contributed by atoms with Gasteiger partial charge in [-0.05, 0) is 38.0 Å². The third-order valence-corrected chi connectivity index (χ3v) is 7.02. The predicted molar refractivity (Wildman–Crippen MR) is 107 cm³/mol. The molecule has 3 rings (SSSR count). The molecule has 1 aromatic carbocycles. The van der Waals surface area contributed by atoms with Crippen molar-refractivity contribution in [3.05, 3.63) is 35.5 Å². The van der Waals surface area contributed by atoms with Crippen molar-refractivity contribution >= 4 is 38.4 Å². The lowest BCUT2D eigenvalue weighted by Crippen LogP contribution is -2.32. The number of benzene rings is 1. The summed E-state index contributed by atoms with van der Waals surface area (Å²) >= 11 is 0.841. The number of nitrogens with one attached hydrogen (secondary N) is 1. The fourth-order valence-electron chi connectivity index (χ4n) is 3.01. The van der Waals surface area contributed by atoms with Crippen LogP contribution in [0.5, 0.6) is 0 Å². The van der Waals surface area contributed by atoms with Gasteiger partial charge in [0.15, 0.2) is 5.00 Å². The van der Waals surface area contributed by atoms with Gasteiger partial charge in [0.25, 0.3) is 5.91 Å². The number of hydrogen-bond acceptors (Lipinski definition) is 8. The molecule has 0 radical (unpaired) electrons.